The van der Waals surface area contributed by atoms with Crippen LogP contribution in [-0.2, 0) is 11.3 Å². The van der Waals surface area contributed by atoms with Gasteiger partial charge in [-0.3, -0.25) is 0 Å². The van der Waals surface area contributed by atoms with E-state index in [0.29, 0.717) is 30.5 Å². The fourth-order valence-corrected chi connectivity index (χ4v) is 2.99. The van der Waals surface area contributed by atoms with Crippen molar-refractivity contribution in [3.05, 3.63) is 21.9 Å². The van der Waals surface area contributed by atoms with E-state index in [1.165, 1.54) is 11.3 Å². The van der Waals surface area contributed by atoms with Crippen molar-refractivity contribution in [1.82, 2.24) is 10.2 Å². The summed E-state index contributed by atoms with van der Waals surface area (Å²) in [6.07, 6.45) is 0.971. The van der Waals surface area contributed by atoms with Crippen LogP contribution in [0.3, 0.4) is 0 Å². The molecule has 1 saturated heterocycles. The molecule has 5 nitrogen and oxygen atoms in total. The molecule has 0 saturated carbocycles. The molecule has 1 fully saturated rings. The highest BCUT2D eigenvalue weighted by Gasteiger charge is 2.24. The maximum Gasteiger partial charge on any atom is 0.317 e. The molecule has 6 heteroatoms. The molecule has 1 atom stereocenters. The van der Waals surface area contributed by atoms with Gasteiger partial charge < -0.3 is 15.0 Å². The van der Waals surface area contributed by atoms with E-state index in [1.54, 1.807) is 6.07 Å². The first-order chi connectivity index (χ1) is 10.1. The zero-order valence-electron chi connectivity index (χ0n) is 12.5. The van der Waals surface area contributed by atoms with Crippen LogP contribution in [0.25, 0.3) is 0 Å². The van der Waals surface area contributed by atoms with Crippen molar-refractivity contribution in [3.63, 3.8) is 0 Å². The number of nitriles is 1. The molecule has 0 spiro atoms. The Bertz CT molecular complexity index is 521. The van der Waals surface area contributed by atoms with Crippen LogP contribution in [0.5, 0.6) is 0 Å². The molecule has 114 valence electrons. The van der Waals surface area contributed by atoms with Crippen LogP contribution >= 0.6 is 11.3 Å². The number of carbonyl (C=O) groups is 1. The Morgan fingerprint density at radius 3 is 3.10 bits per heavy atom. The van der Waals surface area contributed by atoms with E-state index >= 15 is 0 Å². The van der Waals surface area contributed by atoms with Gasteiger partial charge in [-0.05, 0) is 24.5 Å². The third kappa shape index (κ3) is 4.45. The van der Waals surface area contributed by atoms with Crippen LogP contribution in [0.1, 0.15) is 30.0 Å². The number of urea groups is 1. The van der Waals surface area contributed by atoms with Crippen LogP contribution in [0.4, 0.5) is 4.79 Å². The molecule has 2 heterocycles. The Morgan fingerprint density at radius 2 is 2.43 bits per heavy atom. The monoisotopic (exact) mass is 307 g/mol. The molecule has 21 heavy (non-hydrogen) atoms. The summed E-state index contributed by atoms with van der Waals surface area (Å²) >= 11 is 1.41. The largest absolute Gasteiger partial charge is 0.376 e. The van der Waals surface area contributed by atoms with E-state index in [-0.39, 0.29) is 12.1 Å². The molecule has 0 aromatic carbocycles. The minimum Gasteiger partial charge on any atom is -0.376 e. The van der Waals surface area contributed by atoms with E-state index in [1.807, 2.05) is 11.0 Å². The molecule has 0 aliphatic carbocycles. The van der Waals surface area contributed by atoms with Crippen LogP contribution in [0.2, 0.25) is 0 Å². The third-order valence-electron chi connectivity index (χ3n) is 3.52. The third-order valence-corrected chi connectivity index (χ3v) is 4.51. The molecular formula is C15H21N3O2S. The van der Waals surface area contributed by atoms with Gasteiger partial charge in [-0.25, -0.2) is 4.79 Å². The number of rotatable bonds is 3. The fraction of sp³-hybridized carbons (Fsp3) is 0.600. The first-order valence-corrected chi connectivity index (χ1v) is 8.05. The lowest BCUT2D eigenvalue weighted by atomic mass is 10.1. The van der Waals surface area contributed by atoms with Gasteiger partial charge in [0, 0.05) is 24.6 Å². The Balaban J connectivity index is 1.88. The van der Waals surface area contributed by atoms with Gasteiger partial charge in [0.15, 0.2) is 0 Å². The van der Waals surface area contributed by atoms with E-state index in [9.17, 15) is 4.79 Å². The van der Waals surface area contributed by atoms with Crippen LogP contribution in [0.15, 0.2) is 12.1 Å². The van der Waals surface area contributed by atoms with Gasteiger partial charge in [-0.1, -0.05) is 13.8 Å². The Hall–Kier alpha value is -1.58. The Morgan fingerprint density at radius 1 is 1.62 bits per heavy atom. The van der Waals surface area contributed by atoms with Crippen molar-refractivity contribution in [2.24, 2.45) is 5.92 Å². The molecule has 0 radical (unpaired) electrons. The zero-order chi connectivity index (χ0) is 15.2. The SMILES string of the molecule is CC(C)C1CN(C(=O)NCc2ccc(C#N)s2)CCCO1. The van der Waals surface area contributed by atoms with Crippen molar-refractivity contribution in [2.75, 3.05) is 19.7 Å². The van der Waals surface area contributed by atoms with Crippen LogP contribution in [-0.4, -0.2) is 36.7 Å². The zero-order valence-corrected chi connectivity index (χ0v) is 13.3. The second kappa shape index (κ2) is 7.43. The smallest absolute Gasteiger partial charge is 0.317 e. The highest BCUT2D eigenvalue weighted by molar-refractivity contribution is 7.12. The quantitative estimate of drug-likeness (QED) is 0.933. The standard InChI is InChI=1S/C15H21N3O2S/c1-11(2)14-10-18(6-3-7-20-14)15(19)17-9-13-5-4-12(8-16)21-13/h4-5,11,14H,3,6-7,9-10H2,1-2H3,(H,17,19). The molecule has 1 N–H and O–H groups in total. The Labute approximate surface area is 129 Å². The molecule has 1 aromatic rings. The topological polar surface area (TPSA) is 65.4 Å². The van der Waals surface area contributed by atoms with Gasteiger partial charge >= 0.3 is 6.03 Å². The molecule has 1 aliphatic rings. The fourth-order valence-electron chi connectivity index (χ4n) is 2.25. The summed E-state index contributed by atoms with van der Waals surface area (Å²) in [4.78, 5) is 15.8. The second-order valence-corrected chi connectivity index (χ2v) is 6.66. The lowest BCUT2D eigenvalue weighted by Gasteiger charge is -2.26. The predicted molar refractivity (Wildman–Crippen MR) is 82.0 cm³/mol. The van der Waals surface area contributed by atoms with E-state index in [4.69, 9.17) is 10.00 Å². The number of carbonyl (C=O) groups excluding carboxylic acids is 1. The molecule has 2 amide bonds. The Kier molecular flexibility index (Phi) is 5.59. The molecule has 1 aromatic heterocycles. The number of amides is 2. The van der Waals surface area contributed by atoms with Gasteiger partial charge in [-0.2, -0.15) is 5.26 Å². The molecule has 2 rings (SSSR count). The first-order valence-electron chi connectivity index (χ1n) is 7.23. The molecular weight excluding hydrogens is 286 g/mol. The maximum absolute atomic E-state index is 12.3. The maximum atomic E-state index is 12.3. The summed E-state index contributed by atoms with van der Waals surface area (Å²) in [7, 11) is 0. The minimum atomic E-state index is -0.0574. The summed E-state index contributed by atoms with van der Waals surface area (Å²) in [6.45, 7) is 6.76. The molecule has 1 aliphatic heterocycles. The molecule has 0 bridgehead atoms. The van der Waals surface area contributed by atoms with Gasteiger partial charge in [-0.15, -0.1) is 11.3 Å². The van der Waals surface area contributed by atoms with Gasteiger partial charge in [0.05, 0.1) is 12.6 Å². The summed E-state index contributed by atoms with van der Waals surface area (Å²) < 4.78 is 5.77. The van der Waals surface area contributed by atoms with Crippen molar-refractivity contribution in [3.8, 4) is 6.07 Å². The number of nitrogens with zero attached hydrogens (tertiary/aromatic N) is 2. The predicted octanol–water partition coefficient (Wildman–Crippen LogP) is 2.58. The minimum absolute atomic E-state index is 0.0574. The summed E-state index contributed by atoms with van der Waals surface area (Å²) in [5, 5.41) is 11.7. The number of hydrogen-bond donors (Lipinski definition) is 1. The summed E-state index contributed by atoms with van der Waals surface area (Å²) in [5.41, 5.74) is 0. The highest BCUT2D eigenvalue weighted by atomic mass is 32.1. The van der Waals surface area contributed by atoms with E-state index in [0.717, 1.165) is 17.8 Å². The highest BCUT2D eigenvalue weighted by Crippen LogP contribution is 2.16. The van der Waals surface area contributed by atoms with E-state index in [2.05, 4.69) is 25.2 Å². The lowest BCUT2D eigenvalue weighted by Crippen LogP contribution is -2.44. The number of ether oxygens (including phenoxy) is 1. The van der Waals surface area contributed by atoms with Gasteiger partial charge in [0.25, 0.3) is 0 Å². The lowest BCUT2D eigenvalue weighted by molar-refractivity contribution is 0.0267. The average molecular weight is 307 g/mol. The molecule has 1 unspecified atom stereocenters. The van der Waals surface area contributed by atoms with Crippen molar-refractivity contribution in [2.45, 2.75) is 32.9 Å². The number of thiophene rings is 1. The van der Waals surface area contributed by atoms with Gasteiger partial charge in [0.1, 0.15) is 10.9 Å². The van der Waals surface area contributed by atoms with E-state index < -0.39 is 0 Å². The summed E-state index contributed by atoms with van der Waals surface area (Å²) in [6, 6.07) is 5.71. The first kappa shape index (κ1) is 15.8. The van der Waals surface area contributed by atoms with Crippen molar-refractivity contribution in [1.29, 1.82) is 5.26 Å². The van der Waals surface area contributed by atoms with Crippen molar-refractivity contribution < 1.29 is 9.53 Å². The van der Waals surface area contributed by atoms with Gasteiger partial charge in [0.2, 0.25) is 0 Å². The normalized spacial score (nSPS) is 19.1. The average Bonchev–Trinajstić information content (AvgIpc) is 2.78. The number of nitrogens with one attached hydrogen (secondary N) is 1. The number of hydrogen-bond acceptors (Lipinski definition) is 4. The van der Waals surface area contributed by atoms with Crippen LogP contribution in [0, 0.1) is 17.2 Å². The van der Waals surface area contributed by atoms with Crippen molar-refractivity contribution >= 4 is 17.4 Å². The second-order valence-electron chi connectivity index (χ2n) is 5.49. The van der Waals surface area contributed by atoms with Crippen LogP contribution < -0.4 is 5.32 Å². The summed E-state index contributed by atoms with van der Waals surface area (Å²) in [5.74, 6) is 0.397.